The van der Waals surface area contributed by atoms with Crippen molar-refractivity contribution in [3.8, 4) is 0 Å². The van der Waals surface area contributed by atoms with Crippen LogP contribution in [0.5, 0.6) is 0 Å². The van der Waals surface area contributed by atoms with Gasteiger partial charge < -0.3 is 15.0 Å². The Bertz CT molecular complexity index is 503. The first-order valence-electron chi connectivity index (χ1n) is 6.37. The number of rotatable bonds is 5. The highest BCUT2D eigenvalue weighted by Crippen LogP contribution is 2.22. The highest BCUT2D eigenvalue weighted by molar-refractivity contribution is 5.52. The van der Waals surface area contributed by atoms with Crippen LogP contribution in [0.3, 0.4) is 0 Å². The van der Waals surface area contributed by atoms with E-state index in [2.05, 4.69) is 35.1 Å². The van der Waals surface area contributed by atoms with Crippen molar-refractivity contribution in [3.05, 3.63) is 53.9 Å². The average molecular weight is 244 g/mol. The minimum absolute atomic E-state index is 0.452. The molecule has 0 radical (unpaired) electrons. The summed E-state index contributed by atoms with van der Waals surface area (Å²) in [7, 11) is 0. The van der Waals surface area contributed by atoms with E-state index in [9.17, 15) is 5.11 Å². The number of nitrogens with zero attached hydrogens (tertiary/aromatic N) is 1. The molecule has 0 amide bonds. The van der Waals surface area contributed by atoms with Crippen LogP contribution in [0.2, 0.25) is 0 Å². The van der Waals surface area contributed by atoms with E-state index in [0.717, 1.165) is 24.3 Å². The SMILES string of the molecule is CCn1cccc1CNc1ccccc1C(C)O. The molecule has 0 aliphatic rings. The molecule has 96 valence electrons. The van der Waals surface area contributed by atoms with Crippen molar-refractivity contribution in [2.45, 2.75) is 33.0 Å². The molecule has 0 spiro atoms. The molecule has 0 aliphatic carbocycles. The number of benzene rings is 1. The number of hydrogen-bond acceptors (Lipinski definition) is 2. The number of aliphatic hydroxyl groups excluding tert-OH is 1. The maximum Gasteiger partial charge on any atom is 0.0781 e. The average Bonchev–Trinajstić information content (AvgIpc) is 2.84. The van der Waals surface area contributed by atoms with Gasteiger partial charge in [-0.15, -0.1) is 0 Å². The normalized spacial score (nSPS) is 12.4. The standard InChI is InChI=1S/C15H20N2O/c1-3-17-10-6-7-13(17)11-16-15-9-5-4-8-14(15)12(2)18/h4-10,12,16,18H,3,11H2,1-2H3. The third-order valence-corrected chi connectivity index (χ3v) is 3.14. The lowest BCUT2D eigenvalue weighted by molar-refractivity contribution is 0.200. The van der Waals surface area contributed by atoms with Crippen LogP contribution >= 0.6 is 0 Å². The second kappa shape index (κ2) is 5.74. The summed E-state index contributed by atoms with van der Waals surface area (Å²) in [5, 5.41) is 13.1. The van der Waals surface area contributed by atoms with Crippen molar-refractivity contribution in [3.63, 3.8) is 0 Å². The lowest BCUT2D eigenvalue weighted by atomic mass is 10.1. The molecule has 1 unspecified atom stereocenters. The first kappa shape index (κ1) is 12.7. The van der Waals surface area contributed by atoms with Crippen LogP contribution in [0, 0.1) is 0 Å². The predicted octanol–water partition coefficient (Wildman–Crippen LogP) is 3.17. The number of para-hydroxylation sites is 1. The molecule has 1 heterocycles. The summed E-state index contributed by atoms with van der Waals surface area (Å²) in [4.78, 5) is 0. The van der Waals surface area contributed by atoms with Crippen LogP contribution in [0.4, 0.5) is 5.69 Å². The van der Waals surface area contributed by atoms with Crippen molar-refractivity contribution < 1.29 is 5.11 Å². The fourth-order valence-electron chi connectivity index (χ4n) is 2.13. The van der Waals surface area contributed by atoms with E-state index in [4.69, 9.17) is 0 Å². The van der Waals surface area contributed by atoms with Gasteiger partial charge in [0.1, 0.15) is 0 Å². The number of aliphatic hydroxyl groups is 1. The van der Waals surface area contributed by atoms with Gasteiger partial charge in [0.15, 0.2) is 0 Å². The van der Waals surface area contributed by atoms with Crippen LogP contribution in [-0.4, -0.2) is 9.67 Å². The molecule has 18 heavy (non-hydrogen) atoms. The van der Waals surface area contributed by atoms with Crippen LogP contribution < -0.4 is 5.32 Å². The smallest absolute Gasteiger partial charge is 0.0781 e. The van der Waals surface area contributed by atoms with Gasteiger partial charge >= 0.3 is 0 Å². The molecule has 2 aromatic rings. The Kier molecular flexibility index (Phi) is 4.05. The zero-order valence-corrected chi connectivity index (χ0v) is 10.9. The lowest BCUT2D eigenvalue weighted by Crippen LogP contribution is -2.08. The van der Waals surface area contributed by atoms with E-state index in [1.807, 2.05) is 24.3 Å². The highest BCUT2D eigenvalue weighted by Gasteiger charge is 2.07. The van der Waals surface area contributed by atoms with Gasteiger partial charge in [-0.25, -0.2) is 0 Å². The number of anilines is 1. The van der Waals surface area contributed by atoms with Crippen LogP contribution in [0.1, 0.15) is 31.2 Å². The highest BCUT2D eigenvalue weighted by atomic mass is 16.3. The van der Waals surface area contributed by atoms with Gasteiger partial charge in [0.2, 0.25) is 0 Å². The fourth-order valence-corrected chi connectivity index (χ4v) is 2.13. The molecule has 1 aromatic heterocycles. The summed E-state index contributed by atoms with van der Waals surface area (Å²) in [6, 6.07) is 12.0. The van der Waals surface area contributed by atoms with E-state index in [0.29, 0.717) is 0 Å². The third kappa shape index (κ3) is 2.74. The summed E-state index contributed by atoms with van der Waals surface area (Å²) in [6.45, 7) is 5.66. The summed E-state index contributed by atoms with van der Waals surface area (Å²) in [6.07, 6.45) is 1.63. The second-order valence-electron chi connectivity index (χ2n) is 4.40. The van der Waals surface area contributed by atoms with Crippen molar-refractivity contribution in [1.29, 1.82) is 0 Å². The molecule has 3 heteroatoms. The fraction of sp³-hybridized carbons (Fsp3) is 0.333. The Balaban J connectivity index is 2.11. The molecular weight excluding hydrogens is 224 g/mol. The lowest BCUT2D eigenvalue weighted by Gasteiger charge is -2.14. The van der Waals surface area contributed by atoms with Crippen molar-refractivity contribution >= 4 is 5.69 Å². The van der Waals surface area contributed by atoms with Gasteiger partial charge in [-0.2, -0.15) is 0 Å². The first-order chi connectivity index (χ1) is 8.72. The molecule has 1 atom stereocenters. The minimum atomic E-state index is -0.452. The Labute approximate surface area is 108 Å². The topological polar surface area (TPSA) is 37.2 Å². The Hall–Kier alpha value is -1.74. The molecule has 0 aliphatic heterocycles. The summed E-state index contributed by atoms with van der Waals surface area (Å²) >= 11 is 0. The quantitative estimate of drug-likeness (QED) is 0.847. The second-order valence-corrected chi connectivity index (χ2v) is 4.40. The van der Waals surface area contributed by atoms with E-state index in [-0.39, 0.29) is 0 Å². The zero-order chi connectivity index (χ0) is 13.0. The molecule has 0 bridgehead atoms. The zero-order valence-electron chi connectivity index (χ0n) is 10.9. The minimum Gasteiger partial charge on any atom is -0.389 e. The number of aromatic nitrogens is 1. The van der Waals surface area contributed by atoms with Gasteiger partial charge in [0.25, 0.3) is 0 Å². The van der Waals surface area contributed by atoms with Gasteiger partial charge in [0.05, 0.1) is 12.6 Å². The number of nitrogens with one attached hydrogen (secondary N) is 1. The van der Waals surface area contributed by atoms with Gasteiger partial charge in [0, 0.05) is 29.7 Å². The van der Waals surface area contributed by atoms with Gasteiger partial charge in [-0.1, -0.05) is 18.2 Å². The molecule has 1 aromatic carbocycles. The maximum atomic E-state index is 9.72. The Morgan fingerprint density at radius 1 is 1.22 bits per heavy atom. The molecule has 0 fully saturated rings. The summed E-state index contributed by atoms with van der Waals surface area (Å²) < 4.78 is 2.21. The van der Waals surface area contributed by atoms with Crippen molar-refractivity contribution in [2.75, 3.05) is 5.32 Å². The molecule has 3 nitrogen and oxygen atoms in total. The Morgan fingerprint density at radius 3 is 2.72 bits per heavy atom. The van der Waals surface area contributed by atoms with E-state index < -0.39 is 6.10 Å². The van der Waals surface area contributed by atoms with Crippen molar-refractivity contribution in [2.24, 2.45) is 0 Å². The summed E-state index contributed by atoms with van der Waals surface area (Å²) in [5.41, 5.74) is 3.18. The van der Waals surface area contributed by atoms with E-state index in [1.165, 1.54) is 5.69 Å². The van der Waals surface area contributed by atoms with E-state index in [1.54, 1.807) is 6.92 Å². The number of aryl methyl sites for hydroxylation is 1. The van der Waals surface area contributed by atoms with Crippen molar-refractivity contribution in [1.82, 2.24) is 4.57 Å². The van der Waals surface area contributed by atoms with Crippen LogP contribution in [0.15, 0.2) is 42.6 Å². The molecule has 0 saturated carbocycles. The number of hydrogen-bond donors (Lipinski definition) is 2. The molecule has 2 rings (SSSR count). The molecule has 2 N–H and O–H groups in total. The molecule has 0 saturated heterocycles. The van der Waals surface area contributed by atoms with Gasteiger partial charge in [-0.3, -0.25) is 0 Å². The third-order valence-electron chi connectivity index (χ3n) is 3.14. The van der Waals surface area contributed by atoms with Gasteiger partial charge in [-0.05, 0) is 32.0 Å². The Morgan fingerprint density at radius 2 is 2.00 bits per heavy atom. The molecular formula is C15H20N2O. The predicted molar refractivity (Wildman–Crippen MR) is 74.5 cm³/mol. The first-order valence-corrected chi connectivity index (χ1v) is 6.37. The monoisotopic (exact) mass is 244 g/mol. The van der Waals surface area contributed by atoms with Crippen LogP contribution in [-0.2, 0) is 13.1 Å². The maximum absolute atomic E-state index is 9.72. The van der Waals surface area contributed by atoms with Crippen LogP contribution in [0.25, 0.3) is 0 Å². The van der Waals surface area contributed by atoms with E-state index >= 15 is 0 Å². The summed E-state index contributed by atoms with van der Waals surface area (Å²) in [5.74, 6) is 0. The largest absolute Gasteiger partial charge is 0.389 e.